The average Bonchev–Trinajstić information content (AvgIpc) is 2.36. The molecule has 0 spiro atoms. The summed E-state index contributed by atoms with van der Waals surface area (Å²) in [4.78, 5) is 0. The van der Waals surface area contributed by atoms with Crippen molar-refractivity contribution in [1.29, 1.82) is 0 Å². The highest BCUT2D eigenvalue weighted by atomic mass is 79.9. The number of ether oxygens (including phenoxy) is 2. The van der Waals surface area contributed by atoms with Crippen molar-refractivity contribution in [3.05, 3.63) is 48.2 Å². The van der Waals surface area contributed by atoms with Gasteiger partial charge >= 0.3 is 0 Å². The highest BCUT2D eigenvalue weighted by Crippen LogP contribution is 2.42. The van der Waals surface area contributed by atoms with E-state index in [1.54, 1.807) is 7.11 Å². The van der Waals surface area contributed by atoms with Crippen LogP contribution < -0.4 is 9.47 Å². The van der Waals surface area contributed by atoms with Crippen molar-refractivity contribution in [2.45, 2.75) is 0 Å². The zero-order valence-corrected chi connectivity index (χ0v) is 16.1. The molecule has 0 bridgehead atoms. The van der Waals surface area contributed by atoms with Gasteiger partial charge in [0.2, 0.25) is 0 Å². The molecule has 0 heterocycles. The Balaban J connectivity index is 2.38. The predicted molar refractivity (Wildman–Crippen MR) is 90.3 cm³/mol. The monoisotopic (exact) mass is 512 g/mol. The fourth-order valence-corrected chi connectivity index (χ4v) is 3.93. The summed E-state index contributed by atoms with van der Waals surface area (Å²) in [6.07, 6.45) is 0. The molecule has 100 valence electrons. The van der Waals surface area contributed by atoms with E-state index in [4.69, 9.17) is 9.47 Å². The molecule has 0 aliphatic carbocycles. The smallest absolute Gasteiger partial charge is 0.151 e. The van der Waals surface area contributed by atoms with Crippen molar-refractivity contribution in [3.8, 4) is 17.2 Å². The molecule has 0 unspecified atom stereocenters. The van der Waals surface area contributed by atoms with Crippen molar-refractivity contribution >= 4 is 63.7 Å². The third kappa shape index (κ3) is 3.54. The normalized spacial score (nSPS) is 10.4. The predicted octanol–water partition coefficient (Wildman–Crippen LogP) is 6.54. The first-order valence-corrected chi connectivity index (χ1v) is 8.35. The van der Waals surface area contributed by atoms with Gasteiger partial charge in [0.25, 0.3) is 0 Å². The lowest BCUT2D eigenvalue weighted by Crippen LogP contribution is -1.91. The number of methoxy groups -OCH3 is 1. The first-order valence-electron chi connectivity index (χ1n) is 5.18. The van der Waals surface area contributed by atoms with Crippen LogP contribution in [0.2, 0.25) is 0 Å². The van der Waals surface area contributed by atoms with Crippen molar-refractivity contribution in [1.82, 2.24) is 0 Å². The Labute approximate surface area is 145 Å². The van der Waals surface area contributed by atoms with Crippen molar-refractivity contribution < 1.29 is 9.47 Å². The minimum absolute atomic E-state index is 0.683. The van der Waals surface area contributed by atoms with Crippen LogP contribution >= 0.6 is 63.7 Å². The summed E-state index contributed by atoms with van der Waals surface area (Å²) in [6, 6.07) is 9.48. The summed E-state index contributed by atoms with van der Waals surface area (Å²) in [5.74, 6) is 2.11. The Morgan fingerprint density at radius 1 is 0.842 bits per heavy atom. The SMILES string of the molecule is COc1c(Br)ccc(Oc2ccc(Br)cc2Br)c1Br. The number of hydrogen-bond donors (Lipinski definition) is 0. The fraction of sp³-hybridized carbons (Fsp3) is 0.0769. The summed E-state index contributed by atoms with van der Waals surface area (Å²) in [5, 5.41) is 0. The molecular formula is C13H8Br4O2. The highest BCUT2D eigenvalue weighted by Gasteiger charge is 2.13. The molecule has 0 saturated carbocycles. The maximum Gasteiger partial charge on any atom is 0.151 e. The Bertz CT molecular complexity index is 614. The molecule has 2 nitrogen and oxygen atoms in total. The third-order valence-corrected chi connectivity index (χ3v) is 4.82. The van der Waals surface area contributed by atoms with Crippen LogP contribution in [0.3, 0.4) is 0 Å². The standard InChI is InChI=1S/C13H8Br4O2/c1-18-13-8(15)3-5-11(12(13)17)19-10-4-2-7(14)6-9(10)16/h2-6H,1H3. The minimum Gasteiger partial charge on any atom is -0.494 e. The van der Waals surface area contributed by atoms with Gasteiger partial charge in [-0.1, -0.05) is 15.9 Å². The van der Waals surface area contributed by atoms with Crippen LogP contribution in [-0.2, 0) is 0 Å². The van der Waals surface area contributed by atoms with Crippen LogP contribution in [0.15, 0.2) is 48.2 Å². The Hall–Kier alpha value is -0.0400. The molecule has 0 fully saturated rings. The number of hydrogen-bond acceptors (Lipinski definition) is 2. The van der Waals surface area contributed by atoms with Gasteiger partial charge in [-0.15, -0.1) is 0 Å². The summed E-state index contributed by atoms with van der Waals surface area (Å²) >= 11 is 13.8. The van der Waals surface area contributed by atoms with E-state index in [9.17, 15) is 0 Å². The van der Waals surface area contributed by atoms with Gasteiger partial charge in [0, 0.05) is 4.47 Å². The third-order valence-electron chi connectivity index (χ3n) is 2.33. The first-order chi connectivity index (χ1) is 9.02. The molecule has 0 amide bonds. The van der Waals surface area contributed by atoms with Gasteiger partial charge in [-0.3, -0.25) is 0 Å². The van der Waals surface area contributed by atoms with Crippen LogP contribution in [0.5, 0.6) is 17.2 Å². The molecule has 0 radical (unpaired) electrons. The van der Waals surface area contributed by atoms with E-state index < -0.39 is 0 Å². The second-order valence-corrected chi connectivity index (χ2v) is 6.99. The molecule has 0 aliphatic heterocycles. The van der Waals surface area contributed by atoms with E-state index in [1.807, 2.05) is 30.3 Å². The average molecular weight is 516 g/mol. The maximum atomic E-state index is 5.88. The second kappa shape index (κ2) is 6.61. The Morgan fingerprint density at radius 2 is 1.53 bits per heavy atom. The first kappa shape index (κ1) is 15.4. The number of rotatable bonds is 3. The van der Waals surface area contributed by atoms with Crippen LogP contribution in [0.25, 0.3) is 0 Å². The molecule has 0 aromatic heterocycles. The van der Waals surface area contributed by atoms with Gasteiger partial charge < -0.3 is 9.47 Å². The second-order valence-electron chi connectivity index (χ2n) is 3.57. The van der Waals surface area contributed by atoms with Crippen molar-refractivity contribution in [3.63, 3.8) is 0 Å². The molecular weight excluding hydrogens is 508 g/mol. The Morgan fingerprint density at radius 3 is 2.16 bits per heavy atom. The largest absolute Gasteiger partial charge is 0.494 e. The van der Waals surface area contributed by atoms with Crippen LogP contribution in [0.1, 0.15) is 0 Å². The topological polar surface area (TPSA) is 18.5 Å². The molecule has 2 aromatic rings. The number of benzene rings is 2. The lowest BCUT2D eigenvalue weighted by molar-refractivity contribution is 0.402. The van der Waals surface area contributed by atoms with E-state index in [2.05, 4.69) is 63.7 Å². The maximum absolute atomic E-state index is 5.88. The fourth-order valence-electron chi connectivity index (χ4n) is 1.46. The zero-order valence-electron chi connectivity index (χ0n) is 9.72. The van der Waals surface area contributed by atoms with Gasteiger partial charge in [0.15, 0.2) is 5.75 Å². The van der Waals surface area contributed by atoms with E-state index in [-0.39, 0.29) is 0 Å². The molecule has 2 rings (SSSR count). The van der Waals surface area contributed by atoms with Crippen molar-refractivity contribution in [2.24, 2.45) is 0 Å². The molecule has 2 aromatic carbocycles. The van der Waals surface area contributed by atoms with Gasteiger partial charge in [-0.05, 0) is 78.1 Å². The molecule has 0 aliphatic rings. The quantitative estimate of drug-likeness (QED) is 0.462. The minimum atomic E-state index is 0.683. The van der Waals surface area contributed by atoms with Crippen LogP contribution in [0.4, 0.5) is 0 Å². The number of halogens is 4. The van der Waals surface area contributed by atoms with E-state index in [0.717, 1.165) is 23.6 Å². The highest BCUT2D eigenvalue weighted by molar-refractivity contribution is 9.11. The van der Waals surface area contributed by atoms with E-state index in [0.29, 0.717) is 11.5 Å². The molecule has 0 N–H and O–H groups in total. The lowest BCUT2D eigenvalue weighted by Gasteiger charge is -2.13. The van der Waals surface area contributed by atoms with Gasteiger partial charge in [-0.2, -0.15) is 0 Å². The van der Waals surface area contributed by atoms with Crippen molar-refractivity contribution in [2.75, 3.05) is 7.11 Å². The van der Waals surface area contributed by atoms with E-state index in [1.165, 1.54) is 0 Å². The molecule has 19 heavy (non-hydrogen) atoms. The summed E-state index contributed by atoms with van der Waals surface area (Å²) in [6.45, 7) is 0. The summed E-state index contributed by atoms with van der Waals surface area (Å²) in [5.41, 5.74) is 0. The molecule has 0 atom stereocenters. The molecule has 6 heteroatoms. The molecule has 0 saturated heterocycles. The van der Waals surface area contributed by atoms with Crippen LogP contribution in [-0.4, -0.2) is 7.11 Å². The zero-order chi connectivity index (χ0) is 14.0. The van der Waals surface area contributed by atoms with Gasteiger partial charge in [0.05, 0.1) is 16.1 Å². The van der Waals surface area contributed by atoms with Gasteiger partial charge in [0.1, 0.15) is 16.0 Å². The van der Waals surface area contributed by atoms with E-state index >= 15 is 0 Å². The lowest BCUT2D eigenvalue weighted by atomic mass is 10.3. The summed E-state index contributed by atoms with van der Waals surface area (Å²) in [7, 11) is 1.62. The van der Waals surface area contributed by atoms with Gasteiger partial charge in [-0.25, -0.2) is 0 Å². The van der Waals surface area contributed by atoms with Crippen LogP contribution in [0, 0.1) is 0 Å². The Kier molecular flexibility index (Phi) is 5.34. The summed E-state index contributed by atoms with van der Waals surface area (Å²) < 4.78 is 14.7.